The Bertz CT molecular complexity index is 509. The lowest BCUT2D eigenvalue weighted by Gasteiger charge is -2.37. The van der Waals surface area contributed by atoms with E-state index in [0.717, 1.165) is 17.9 Å². The van der Waals surface area contributed by atoms with Gasteiger partial charge in [0.1, 0.15) is 5.82 Å². The van der Waals surface area contributed by atoms with Crippen LogP contribution in [0.25, 0.3) is 0 Å². The Balaban J connectivity index is 2.18. The van der Waals surface area contributed by atoms with Crippen molar-refractivity contribution in [1.82, 2.24) is 4.90 Å². The summed E-state index contributed by atoms with van der Waals surface area (Å²) in [5.74, 6) is 0.658. The molecule has 0 amide bonds. The molecule has 1 heterocycles. The second kappa shape index (κ2) is 6.45. The molecule has 2 rings (SSSR count). The Morgan fingerprint density at radius 2 is 2.25 bits per heavy atom. The zero-order valence-corrected chi connectivity index (χ0v) is 12.5. The van der Waals surface area contributed by atoms with Gasteiger partial charge in [-0.2, -0.15) is 11.8 Å². The minimum absolute atomic E-state index is 0.0682. The normalized spacial score (nSPS) is 24.9. The third kappa shape index (κ3) is 3.43. The standard InChI is InChI=1S/C14H20FN3OS/c1-9-10(2)20-4-3-18(9)8-11-5-12(14(16)17-19)7-13(15)6-11/h5-7,9-10,19H,3-4,8H2,1-2H3,(H2,16,17). The zero-order valence-electron chi connectivity index (χ0n) is 11.7. The second-order valence-electron chi connectivity index (χ2n) is 5.12. The molecule has 0 saturated carbocycles. The summed E-state index contributed by atoms with van der Waals surface area (Å²) in [6.45, 7) is 6.08. The first kappa shape index (κ1) is 15.1. The van der Waals surface area contributed by atoms with Gasteiger partial charge in [-0.15, -0.1) is 0 Å². The van der Waals surface area contributed by atoms with Crippen LogP contribution in [0.2, 0.25) is 0 Å². The SMILES string of the molecule is CC1SCCN(Cc2cc(F)cc(/C(N)=N/O)c2)C1C. The van der Waals surface area contributed by atoms with E-state index < -0.39 is 0 Å². The van der Waals surface area contributed by atoms with Crippen LogP contribution in [0.4, 0.5) is 4.39 Å². The molecule has 110 valence electrons. The first-order valence-corrected chi connectivity index (χ1v) is 7.69. The maximum absolute atomic E-state index is 13.6. The Labute approximate surface area is 122 Å². The van der Waals surface area contributed by atoms with Gasteiger partial charge in [0.05, 0.1) is 0 Å². The highest BCUT2D eigenvalue weighted by molar-refractivity contribution is 8.00. The Kier molecular flexibility index (Phi) is 4.88. The molecule has 0 radical (unpaired) electrons. The maximum atomic E-state index is 13.6. The lowest BCUT2D eigenvalue weighted by molar-refractivity contribution is 0.204. The molecule has 2 unspecified atom stereocenters. The fourth-order valence-corrected chi connectivity index (χ4v) is 3.56. The largest absolute Gasteiger partial charge is 0.409 e. The van der Waals surface area contributed by atoms with Crippen molar-refractivity contribution in [3.63, 3.8) is 0 Å². The van der Waals surface area contributed by atoms with Crippen LogP contribution in [0.3, 0.4) is 0 Å². The van der Waals surface area contributed by atoms with Crippen LogP contribution >= 0.6 is 11.8 Å². The molecule has 1 aliphatic heterocycles. The lowest BCUT2D eigenvalue weighted by atomic mass is 10.1. The molecule has 2 atom stereocenters. The molecule has 0 aromatic heterocycles. The number of halogens is 1. The molecule has 4 nitrogen and oxygen atoms in total. The molecule has 0 aliphatic carbocycles. The van der Waals surface area contributed by atoms with Crippen molar-refractivity contribution in [2.45, 2.75) is 31.7 Å². The van der Waals surface area contributed by atoms with Gasteiger partial charge >= 0.3 is 0 Å². The summed E-state index contributed by atoms with van der Waals surface area (Å²) < 4.78 is 13.6. The number of oxime groups is 1. The van der Waals surface area contributed by atoms with Gasteiger partial charge in [-0.05, 0) is 30.7 Å². The molecule has 3 N–H and O–H groups in total. The van der Waals surface area contributed by atoms with Gasteiger partial charge in [0.15, 0.2) is 5.84 Å². The maximum Gasteiger partial charge on any atom is 0.170 e. The van der Waals surface area contributed by atoms with E-state index in [9.17, 15) is 4.39 Å². The van der Waals surface area contributed by atoms with Gasteiger partial charge in [0.25, 0.3) is 0 Å². The van der Waals surface area contributed by atoms with Gasteiger partial charge in [0, 0.05) is 35.7 Å². The minimum atomic E-state index is -0.365. The van der Waals surface area contributed by atoms with Crippen LogP contribution in [0, 0.1) is 5.82 Å². The fourth-order valence-electron chi connectivity index (χ4n) is 2.40. The Morgan fingerprint density at radius 3 is 2.95 bits per heavy atom. The molecule has 20 heavy (non-hydrogen) atoms. The molecule has 1 aromatic carbocycles. The van der Waals surface area contributed by atoms with Gasteiger partial charge in [-0.3, -0.25) is 4.90 Å². The summed E-state index contributed by atoms with van der Waals surface area (Å²) in [5.41, 5.74) is 6.79. The topological polar surface area (TPSA) is 61.8 Å². The van der Waals surface area contributed by atoms with Crippen LogP contribution in [-0.2, 0) is 6.54 Å². The summed E-state index contributed by atoms with van der Waals surface area (Å²) >= 11 is 1.97. The molecule has 1 aromatic rings. The van der Waals surface area contributed by atoms with Crippen molar-refractivity contribution in [3.8, 4) is 0 Å². The van der Waals surface area contributed by atoms with Crippen molar-refractivity contribution in [2.75, 3.05) is 12.3 Å². The number of rotatable bonds is 3. The van der Waals surface area contributed by atoms with Crippen molar-refractivity contribution >= 4 is 17.6 Å². The second-order valence-corrected chi connectivity index (χ2v) is 6.61. The quantitative estimate of drug-likeness (QED) is 0.389. The van der Waals surface area contributed by atoms with Crippen molar-refractivity contribution in [3.05, 3.63) is 35.1 Å². The molecule has 1 saturated heterocycles. The van der Waals surface area contributed by atoms with Crippen LogP contribution in [0.5, 0.6) is 0 Å². The van der Waals surface area contributed by atoms with E-state index in [0.29, 0.717) is 23.4 Å². The first-order valence-electron chi connectivity index (χ1n) is 6.64. The summed E-state index contributed by atoms with van der Waals surface area (Å²) in [5, 5.41) is 12.2. The van der Waals surface area contributed by atoms with E-state index in [2.05, 4.69) is 23.9 Å². The summed E-state index contributed by atoms with van der Waals surface area (Å²) in [6, 6.07) is 5.01. The molecular weight excluding hydrogens is 277 g/mol. The zero-order chi connectivity index (χ0) is 14.7. The van der Waals surface area contributed by atoms with Crippen molar-refractivity contribution in [1.29, 1.82) is 0 Å². The highest BCUT2D eigenvalue weighted by Crippen LogP contribution is 2.25. The van der Waals surface area contributed by atoms with E-state index in [4.69, 9.17) is 10.9 Å². The van der Waals surface area contributed by atoms with Crippen LogP contribution in [0.1, 0.15) is 25.0 Å². The highest BCUT2D eigenvalue weighted by atomic mass is 32.2. The predicted octanol–water partition coefficient (Wildman–Crippen LogP) is 2.25. The number of nitrogens with zero attached hydrogens (tertiary/aromatic N) is 2. The van der Waals surface area contributed by atoms with Crippen LogP contribution in [0.15, 0.2) is 23.4 Å². The van der Waals surface area contributed by atoms with Crippen LogP contribution < -0.4 is 5.73 Å². The fraction of sp³-hybridized carbons (Fsp3) is 0.500. The summed E-state index contributed by atoms with van der Waals surface area (Å²) in [4.78, 5) is 2.34. The molecule has 1 aliphatic rings. The van der Waals surface area contributed by atoms with Crippen LogP contribution in [-0.4, -0.2) is 39.5 Å². The molecule has 1 fully saturated rings. The monoisotopic (exact) mass is 297 g/mol. The number of thioether (sulfide) groups is 1. The number of amidine groups is 1. The lowest BCUT2D eigenvalue weighted by Crippen LogP contribution is -2.43. The van der Waals surface area contributed by atoms with E-state index in [1.54, 1.807) is 6.07 Å². The van der Waals surface area contributed by atoms with E-state index >= 15 is 0 Å². The average molecular weight is 297 g/mol. The smallest absolute Gasteiger partial charge is 0.170 e. The Morgan fingerprint density at radius 1 is 1.50 bits per heavy atom. The Hall–Kier alpha value is -1.27. The predicted molar refractivity (Wildman–Crippen MR) is 80.7 cm³/mol. The minimum Gasteiger partial charge on any atom is -0.409 e. The highest BCUT2D eigenvalue weighted by Gasteiger charge is 2.25. The summed E-state index contributed by atoms with van der Waals surface area (Å²) in [6.07, 6.45) is 0. The first-order chi connectivity index (χ1) is 9.51. The third-order valence-corrected chi connectivity index (χ3v) is 5.10. The van der Waals surface area contributed by atoms with Gasteiger partial charge < -0.3 is 10.9 Å². The molecule has 6 heteroatoms. The van der Waals surface area contributed by atoms with E-state index in [-0.39, 0.29) is 11.7 Å². The van der Waals surface area contributed by atoms with Gasteiger partial charge in [0.2, 0.25) is 0 Å². The van der Waals surface area contributed by atoms with E-state index in [1.807, 2.05) is 11.8 Å². The van der Waals surface area contributed by atoms with E-state index in [1.165, 1.54) is 12.1 Å². The number of benzene rings is 1. The number of hydrogen-bond acceptors (Lipinski definition) is 4. The van der Waals surface area contributed by atoms with Gasteiger partial charge in [-0.25, -0.2) is 4.39 Å². The van der Waals surface area contributed by atoms with Crippen molar-refractivity contribution in [2.24, 2.45) is 10.9 Å². The number of hydrogen-bond donors (Lipinski definition) is 2. The molecule has 0 bridgehead atoms. The van der Waals surface area contributed by atoms with Gasteiger partial charge in [-0.1, -0.05) is 12.1 Å². The van der Waals surface area contributed by atoms with Crippen molar-refractivity contribution < 1.29 is 9.60 Å². The number of nitrogens with two attached hydrogens (primary N) is 1. The third-order valence-electron chi connectivity index (χ3n) is 3.76. The average Bonchev–Trinajstić information content (AvgIpc) is 2.42. The molecular formula is C14H20FN3OS. The summed E-state index contributed by atoms with van der Waals surface area (Å²) in [7, 11) is 0. The molecule has 0 spiro atoms.